The summed E-state index contributed by atoms with van der Waals surface area (Å²) in [5.41, 5.74) is 0.864. The van der Waals surface area contributed by atoms with E-state index in [-0.39, 0.29) is 12.5 Å². The first-order valence-electron chi connectivity index (χ1n) is 5.68. The average molecular weight is 279 g/mol. The highest BCUT2D eigenvalue weighted by atomic mass is 32.1. The van der Waals surface area contributed by atoms with Crippen molar-refractivity contribution in [3.8, 4) is 0 Å². The van der Waals surface area contributed by atoms with Gasteiger partial charge in [-0.3, -0.25) is 4.79 Å². The molecule has 1 heterocycles. The number of carbonyl (C=O) groups is 2. The fourth-order valence-corrected chi connectivity index (χ4v) is 2.87. The molecule has 0 radical (unpaired) electrons. The molecule has 3 N–H and O–H groups in total. The van der Waals surface area contributed by atoms with Crippen LogP contribution in [0.1, 0.15) is 15.2 Å². The number of thiophene rings is 1. The zero-order chi connectivity index (χ0) is 14.0. The maximum absolute atomic E-state index is 12.0. The van der Waals surface area contributed by atoms with Gasteiger partial charge in [0, 0.05) is 4.70 Å². The second-order valence-corrected chi connectivity index (χ2v) is 5.17. The van der Waals surface area contributed by atoms with Gasteiger partial charge in [0.25, 0.3) is 5.91 Å². The Bertz CT molecular complexity index is 635. The number of aliphatic carboxylic acids is 1. The number of aliphatic hydroxyl groups is 1. The minimum atomic E-state index is -1.58. The van der Waals surface area contributed by atoms with E-state index < -0.39 is 12.1 Å². The third kappa shape index (κ3) is 2.74. The Labute approximate surface area is 113 Å². The second-order valence-electron chi connectivity index (χ2n) is 4.12. The van der Waals surface area contributed by atoms with Crippen LogP contribution in [0.25, 0.3) is 10.1 Å². The standard InChI is InChI=1S/C13H13NO4S/c1-7-8-4-2-3-5-10(8)19-11(7)12(16)14-6-9(15)13(17)18/h2-5,9,15H,6H2,1H3,(H,14,16)(H,17,18)/t9-/m0/s1. The van der Waals surface area contributed by atoms with Crippen LogP contribution in [0.15, 0.2) is 24.3 Å². The first-order chi connectivity index (χ1) is 9.00. The Hall–Kier alpha value is -1.92. The van der Waals surface area contributed by atoms with E-state index in [1.807, 2.05) is 31.2 Å². The summed E-state index contributed by atoms with van der Waals surface area (Å²) in [5.74, 6) is -1.72. The Morgan fingerprint density at radius 2 is 2.05 bits per heavy atom. The fourth-order valence-electron chi connectivity index (χ4n) is 1.75. The summed E-state index contributed by atoms with van der Waals surface area (Å²) in [5, 5.41) is 21.1. The first kappa shape index (κ1) is 13.5. The highest BCUT2D eigenvalue weighted by Gasteiger charge is 2.18. The largest absolute Gasteiger partial charge is 0.479 e. The number of aliphatic hydroxyl groups excluding tert-OH is 1. The molecule has 6 heteroatoms. The molecule has 0 saturated carbocycles. The zero-order valence-corrected chi connectivity index (χ0v) is 11.0. The van der Waals surface area contributed by atoms with Crippen molar-refractivity contribution in [2.24, 2.45) is 0 Å². The van der Waals surface area contributed by atoms with Crippen LogP contribution in [0.2, 0.25) is 0 Å². The summed E-state index contributed by atoms with van der Waals surface area (Å²) in [6.07, 6.45) is -1.58. The molecule has 100 valence electrons. The van der Waals surface area contributed by atoms with E-state index in [0.717, 1.165) is 15.6 Å². The number of aryl methyl sites for hydroxylation is 1. The Morgan fingerprint density at radius 3 is 2.68 bits per heavy atom. The van der Waals surface area contributed by atoms with Gasteiger partial charge in [0.05, 0.1) is 11.4 Å². The lowest BCUT2D eigenvalue weighted by Crippen LogP contribution is -2.36. The molecule has 0 fully saturated rings. The quantitative estimate of drug-likeness (QED) is 0.789. The van der Waals surface area contributed by atoms with Gasteiger partial charge in [-0.05, 0) is 23.9 Å². The van der Waals surface area contributed by atoms with E-state index >= 15 is 0 Å². The van der Waals surface area contributed by atoms with Gasteiger partial charge in [0.15, 0.2) is 6.10 Å². The van der Waals surface area contributed by atoms with Crippen molar-refractivity contribution in [1.29, 1.82) is 0 Å². The molecular formula is C13H13NO4S. The molecule has 0 aliphatic rings. The van der Waals surface area contributed by atoms with E-state index in [1.165, 1.54) is 11.3 Å². The van der Waals surface area contributed by atoms with Gasteiger partial charge in [-0.1, -0.05) is 18.2 Å². The van der Waals surface area contributed by atoms with E-state index in [1.54, 1.807) is 0 Å². The molecule has 1 aromatic carbocycles. The van der Waals surface area contributed by atoms with Crippen LogP contribution in [-0.4, -0.2) is 34.7 Å². The highest BCUT2D eigenvalue weighted by molar-refractivity contribution is 7.21. The number of benzene rings is 1. The maximum Gasteiger partial charge on any atom is 0.334 e. The summed E-state index contributed by atoms with van der Waals surface area (Å²) in [7, 11) is 0. The van der Waals surface area contributed by atoms with E-state index in [0.29, 0.717) is 4.88 Å². The predicted octanol–water partition coefficient (Wildman–Crippen LogP) is 1.39. The summed E-state index contributed by atoms with van der Waals surface area (Å²) in [4.78, 5) is 23.0. The molecular weight excluding hydrogens is 266 g/mol. The number of rotatable bonds is 4. The Kier molecular flexibility index (Phi) is 3.82. The predicted molar refractivity (Wildman–Crippen MR) is 72.5 cm³/mol. The fraction of sp³-hybridized carbons (Fsp3) is 0.231. The van der Waals surface area contributed by atoms with Gasteiger partial charge < -0.3 is 15.5 Å². The van der Waals surface area contributed by atoms with Crippen LogP contribution < -0.4 is 5.32 Å². The van der Waals surface area contributed by atoms with Crippen molar-refractivity contribution in [3.05, 3.63) is 34.7 Å². The van der Waals surface area contributed by atoms with Gasteiger partial charge in [-0.2, -0.15) is 0 Å². The van der Waals surface area contributed by atoms with Crippen LogP contribution in [0.4, 0.5) is 0 Å². The average Bonchev–Trinajstić information content (AvgIpc) is 2.73. The lowest BCUT2D eigenvalue weighted by molar-refractivity contribution is -0.146. The number of nitrogens with one attached hydrogen (secondary N) is 1. The monoisotopic (exact) mass is 279 g/mol. The third-order valence-corrected chi connectivity index (χ3v) is 4.06. The molecule has 0 saturated heterocycles. The SMILES string of the molecule is Cc1c(C(=O)NC[C@H](O)C(=O)O)sc2ccccc12. The number of carboxylic acid groups (broad SMARTS) is 1. The van der Waals surface area contributed by atoms with E-state index in [9.17, 15) is 9.59 Å². The Balaban J connectivity index is 2.18. The molecule has 5 nitrogen and oxygen atoms in total. The van der Waals surface area contributed by atoms with Gasteiger partial charge in [0.2, 0.25) is 0 Å². The van der Waals surface area contributed by atoms with E-state index in [4.69, 9.17) is 10.2 Å². The topological polar surface area (TPSA) is 86.6 Å². The number of carbonyl (C=O) groups excluding carboxylic acids is 1. The second kappa shape index (κ2) is 5.38. The summed E-state index contributed by atoms with van der Waals surface area (Å²) >= 11 is 1.35. The molecule has 2 aromatic rings. The summed E-state index contributed by atoms with van der Waals surface area (Å²) in [6, 6.07) is 7.66. The number of carboxylic acids is 1. The van der Waals surface area contributed by atoms with Crippen molar-refractivity contribution in [3.63, 3.8) is 0 Å². The summed E-state index contributed by atoms with van der Waals surface area (Å²) < 4.78 is 1.00. The number of fused-ring (bicyclic) bond motifs is 1. The number of hydrogen-bond acceptors (Lipinski definition) is 4. The van der Waals surface area contributed by atoms with Crippen LogP contribution in [0.3, 0.4) is 0 Å². The van der Waals surface area contributed by atoms with Crippen molar-refractivity contribution >= 4 is 33.3 Å². The zero-order valence-electron chi connectivity index (χ0n) is 10.2. The van der Waals surface area contributed by atoms with Gasteiger partial charge >= 0.3 is 5.97 Å². The van der Waals surface area contributed by atoms with Crippen molar-refractivity contribution < 1.29 is 19.8 Å². The summed E-state index contributed by atoms with van der Waals surface area (Å²) in [6.45, 7) is 1.54. The molecule has 1 amide bonds. The van der Waals surface area contributed by atoms with Crippen LogP contribution in [-0.2, 0) is 4.79 Å². The molecule has 0 unspecified atom stereocenters. The third-order valence-electron chi connectivity index (χ3n) is 2.79. The maximum atomic E-state index is 12.0. The molecule has 0 spiro atoms. The molecule has 2 rings (SSSR count). The van der Waals surface area contributed by atoms with Crippen molar-refractivity contribution in [2.75, 3.05) is 6.54 Å². The normalized spacial score (nSPS) is 12.3. The van der Waals surface area contributed by atoms with Crippen LogP contribution in [0.5, 0.6) is 0 Å². The van der Waals surface area contributed by atoms with Gasteiger partial charge in [0.1, 0.15) is 0 Å². The smallest absolute Gasteiger partial charge is 0.334 e. The van der Waals surface area contributed by atoms with Crippen LogP contribution in [0, 0.1) is 6.92 Å². The van der Waals surface area contributed by atoms with Crippen molar-refractivity contribution in [2.45, 2.75) is 13.0 Å². The molecule has 0 bridgehead atoms. The van der Waals surface area contributed by atoms with Gasteiger partial charge in [-0.15, -0.1) is 11.3 Å². The molecule has 1 atom stereocenters. The van der Waals surface area contributed by atoms with Crippen molar-refractivity contribution in [1.82, 2.24) is 5.32 Å². The van der Waals surface area contributed by atoms with E-state index in [2.05, 4.69) is 5.32 Å². The molecule has 0 aliphatic carbocycles. The molecule has 0 aliphatic heterocycles. The highest BCUT2D eigenvalue weighted by Crippen LogP contribution is 2.30. The number of amides is 1. The Morgan fingerprint density at radius 1 is 1.37 bits per heavy atom. The minimum absolute atomic E-state index is 0.304. The minimum Gasteiger partial charge on any atom is -0.479 e. The lowest BCUT2D eigenvalue weighted by Gasteiger charge is -2.07. The number of hydrogen-bond donors (Lipinski definition) is 3. The van der Waals surface area contributed by atoms with Gasteiger partial charge in [-0.25, -0.2) is 4.79 Å². The lowest BCUT2D eigenvalue weighted by atomic mass is 10.1. The van der Waals surface area contributed by atoms with Crippen LogP contribution >= 0.6 is 11.3 Å². The molecule has 1 aromatic heterocycles. The first-order valence-corrected chi connectivity index (χ1v) is 6.49. The molecule has 19 heavy (non-hydrogen) atoms.